The fraction of sp³-hybridized carbons (Fsp3) is 0.615. The molecule has 1 unspecified atom stereocenters. The molecule has 0 amide bonds. The first-order valence-electron chi connectivity index (χ1n) is 6.37. The lowest BCUT2D eigenvalue weighted by Crippen LogP contribution is -2.32. The number of hydrogen-bond donors (Lipinski definition) is 1. The predicted octanol–water partition coefficient (Wildman–Crippen LogP) is 3.60. The van der Waals surface area contributed by atoms with E-state index in [2.05, 4.69) is 60.2 Å². The van der Waals surface area contributed by atoms with Crippen molar-refractivity contribution in [2.45, 2.75) is 31.8 Å². The van der Waals surface area contributed by atoms with Gasteiger partial charge in [-0.2, -0.15) is 0 Å². The van der Waals surface area contributed by atoms with Gasteiger partial charge in [-0.15, -0.1) is 12.4 Å². The molecule has 1 atom stereocenters. The van der Waals surface area contributed by atoms with E-state index in [0.29, 0.717) is 6.04 Å². The van der Waals surface area contributed by atoms with Crippen molar-refractivity contribution < 1.29 is 0 Å². The van der Waals surface area contributed by atoms with Gasteiger partial charge in [0.15, 0.2) is 0 Å². The summed E-state index contributed by atoms with van der Waals surface area (Å²) in [7, 11) is 2.20. The van der Waals surface area contributed by atoms with Crippen molar-refractivity contribution in [3.05, 3.63) is 26.9 Å². The van der Waals surface area contributed by atoms with Crippen molar-refractivity contribution in [3.63, 3.8) is 0 Å². The smallest absolute Gasteiger partial charge is 0.0686 e. The maximum Gasteiger partial charge on any atom is 0.0686 e. The molecule has 0 spiro atoms. The summed E-state index contributed by atoms with van der Waals surface area (Å²) in [5, 5.41) is 3.46. The van der Waals surface area contributed by atoms with Gasteiger partial charge in [0.25, 0.3) is 0 Å². The van der Waals surface area contributed by atoms with E-state index in [4.69, 9.17) is 0 Å². The minimum atomic E-state index is 0. The van der Waals surface area contributed by atoms with Crippen molar-refractivity contribution in [2.24, 2.45) is 0 Å². The SMILES string of the molecule is CN(Cc1ncc(Br)cc1Br)C1CCCNCC1.Cl. The van der Waals surface area contributed by atoms with Crippen LogP contribution < -0.4 is 5.32 Å². The lowest BCUT2D eigenvalue weighted by Gasteiger charge is -2.26. The zero-order valence-corrected chi connectivity index (χ0v) is 15.0. The van der Waals surface area contributed by atoms with Crippen LogP contribution in [0.5, 0.6) is 0 Å². The average Bonchev–Trinajstić information content (AvgIpc) is 2.61. The molecule has 108 valence electrons. The molecule has 0 bridgehead atoms. The van der Waals surface area contributed by atoms with Gasteiger partial charge in [-0.3, -0.25) is 9.88 Å². The van der Waals surface area contributed by atoms with Gasteiger partial charge < -0.3 is 5.32 Å². The Morgan fingerprint density at radius 2 is 2.16 bits per heavy atom. The zero-order valence-electron chi connectivity index (χ0n) is 11.0. The highest BCUT2D eigenvalue weighted by Gasteiger charge is 2.18. The van der Waals surface area contributed by atoms with Gasteiger partial charge >= 0.3 is 0 Å². The molecule has 2 heterocycles. The molecule has 19 heavy (non-hydrogen) atoms. The largest absolute Gasteiger partial charge is 0.317 e. The molecule has 1 saturated heterocycles. The predicted molar refractivity (Wildman–Crippen MR) is 88.9 cm³/mol. The van der Waals surface area contributed by atoms with Crippen molar-refractivity contribution in [2.75, 3.05) is 20.1 Å². The van der Waals surface area contributed by atoms with Crippen LogP contribution in [0.15, 0.2) is 21.2 Å². The maximum atomic E-state index is 4.49. The Kier molecular flexibility index (Phi) is 7.84. The number of hydrogen-bond acceptors (Lipinski definition) is 3. The first kappa shape index (κ1) is 17.4. The third-order valence-corrected chi connectivity index (χ3v) is 4.57. The zero-order chi connectivity index (χ0) is 13.0. The second-order valence-corrected chi connectivity index (χ2v) is 6.60. The van der Waals surface area contributed by atoms with Crippen LogP contribution in [0.4, 0.5) is 0 Å². The van der Waals surface area contributed by atoms with Gasteiger partial charge in [-0.25, -0.2) is 0 Å². The highest BCUT2D eigenvalue weighted by atomic mass is 79.9. The van der Waals surface area contributed by atoms with Crippen LogP contribution in [0.1, 0.15) is 25.0 Å². The fourth-order valence-corrected chi connectivity index (χ4v) is 3.48. The van der Waals surface area contributed by atoms with Gasteiger partial charge in [0.1, 0.15) is 0 Å². The Hall–Kier alpha value is 0.320. The lowest BCUT2D eigenvalue weighted by molar-refractivity contribution is 0.214. The average molecular weight is 414 g/mol. The fourth-order valence-electron chi connectivity index (χ4n) is 2.37. The van der Waals surface area contributed by atoms with Crippen LogP contribution in [-0.2, 0) is 6.54 Å². The minimum absolute atomic E-state index is 0. The van der Waals surface area contributed by atoms with E-state index < -0.39 is 0 Å². The molecule has 3 nitrogen and oxygen atoms in total. The van der Waals surface area contributed by atoms with Gasteiger partial charge in [-0.05, 0) is 77.3 Å². The quantitative estimate of drug-likeness (QED) is 0.821. The number of aromatic nitrogens is 1. The molecule has 1 aromatic rings. The lowest BCUT2D eigenvalue weighted by atomic mass is 10.1. The summed E-state index contributed by atoms with van der Waals surface area (Å²) in [5.74, 6) is 0. The van der Waals surface area contributed by atoms with Gasteiger partial charge in [0, 0.05) is 27.7 Å². The Balaban J connectivity index is 0.00000180. The van der Waals surface area contributed by atoms with Crippen LogP contribution in [0, 0.1) is 0 Å². The van der Waals surface area contributed by atoms with Crippen LogP contribution in [0.2, 0.25) is 0 Å². The van der Waals surface area contributed by atoms with Crippen molar-refractivity contribution in [1.82, 2.24) is 15.2 Å². The third kappa shape index (κ3) is 5.31. The highest BCUT2D eigenvalue weighted by molar-refractivity contribution is 9.11. The Bertz CT molecular complexity index is 395. The van der Waals surface area contributed by atoms with Crippen LogP contribution in [0.3, 0.4) is 0 Å². The van der Waals surface area contributed by atoms with E-state index in [-0.39, 0.29) is 12.4 Å². The van der Waals surface area contributed by atoms with E-state index in [1.54, 1.807) is 0 Å². The summed E-state index contributed by atoms with van der Waals surface area (Å²) in [5.41, 5.74) is 1.11. The van der Waals surface area contributed by atoms with E-state index >= 15 is 0 Å². The second kappa shape index (κ2) is 8.57. The standard InChI is InChI=1S/C13H19Br2N3.ClH/c1-18(11-3-2-5-16-6-4-11)9-13-12(15)7-10(14)8-17-13;/h7-8,11,16H,2-6,9H2,1H3;1H. The summed E-state index contributed by atoms with van der Waals surface area (Å²) in [6, 6.07) is 2.72. The first-order chi connectivity index (χ1) is 8.66. The van der Waals surface area contributed by atoms with E-state index in [1.165, 1.54) is 19.3 Å². The van der Waals surface area contributed by atoms with Gasteiger partial charge in [0.2, 0.25) is 0 Å². The molecule has 2 rings (SSSR count). The van der Waals surface area contributed by atoms with Crippen LogP contribution in [-0.4, -0.2) is 36.1 Å². The molecule has 1 N–H and O–H groups in total. The number of nitrogens with zero attached hydrogens (tertiary/aromatic N) is 2. The van der Waals surface area contributed by atoms with Crippen LogP contribution in [0.25, 0.3) is 0 Å². The van der Waals surface area contributed by atoms with E-state index in [1.807, 2.05) is 6.20 Å². The van der Waals surface area contributed by atoms with Crippen LogP contribution >= 0.6 is 44.3 Å². The number of rotatable bonds is 3. The first-order valence-corrected chi connectivity index (χ1v) is 7.96. The summed E-state index contributed by atoms with van der Waals surface area (Å²) in [6.07, 6.45) is 5.63. The summed E-state index contributed by atoms with van der Waals surface area (Å²) in [6.45, 7) is 3.19. The molecule has 0 aromatic carbocycles. The van der Waals surface area contributed by atoms with Gasteiger partial charge in [-0.1, -0.05) is 0 Å². The molecule has 0 radical (unpaired) electrons. The molecule has 0 aliphatic carbocycles. The molecule has 1 aliphatic rings. The molecular formula is C13H20Br2ClN3. The third-order valence-electron chi connectivity index (χ3n) is 3.45. The van der Waals surface area contributed by atoms with Gasteiger partial charge in [0.05, 0.1) is 5.69 Å². The Morgan fingerprint density at radius 1 is 1.37 bits per heavy atom. The normalized spacial score (nSPS) is 19.9. The van der Waals surface area contributed by atoms with Crippen molar-refractivity contribution in [1.29, 1.82) is 0 Å². The Morgan fingerprint density at radius 3 is 2.89 bits per heavy atom. The molecule has 6 heteroatoms. The number of pyridine rings is 1. The number of halogens is 3. The molecule has 1 aromatic heterocycles. The van der Waals surface area contributed by atoms with E-state index in [9.17, 15) is 0 Å². The molecule has 1 fully saturated rings. The summed E-state index contributed by atoms with van der Waals surface area (Å²) >= 11 is 7.02. The highest BCUT2D eigenvalue weighted by Crippen LogP contribution is 2.22. The topological polar surface area (TPSA) is 28.2 Å². The molecule has 1 aliphatic heterocycles. The minimum Gasteiger partial charge on any atom is -0.317 e. The van der Waals surface area contributed by atoms with Crippen molar-refractivity contribution in [3.8, 4) is 0 Å². The maximum absolute atomic E-state index is 4.49. The number of nitrogens with one attached hydrogen (secondary N) is 1. The van der Waals surface area contributed by atoms with Crippen molar-refractivity contribution >= 4 is 44.3 Å². The second-order valence-electron chi connectivity index (χ2n) is 4.83. The molecule has 0 saturated carbocycles. The van der Waals surface area contributed by atoms with E-state index in [0.717, 1.165) is 34.3 Å². The molecular weight excluding hydrogens is 393 g/mol. The summed E-state index contributed by atoms with van der Waals surface area (Å²) < 4.78 is 2.09. The Labute approximate surface area is 138 Å². The monoisotopic (exact) mass is 411 g/mol. The summed E-state index contributed by atoms with van der Waals surface area (Å²) in [4.78, 5) is 6.91.